The van der Waals surface area contributed by atoms with Crippen LogP contribution in [-0.4, -0.2) is 36.5 Å². The smallest absolute Gasteiger partial charge is 0.234 e. The van der Waals surface area contributed by atoms with Crippen molar-refractivity contribution in [3.63, 3.8) is 0 Å². The highest BCUT2D eigenvalue weighted by molar-refractivity contribution is 5.79. The van der Waals surface area contributed by atoms with E-state index in [-0.39, 0.29) is 23.8 Å². The van der Waals surface area contributed by atoms with Crippen LogP contribution in [0.2, 0.25) is 0 Å². The van der Waals surface area contributed by atoms with Crippen LogP contribution in [0.1, 0.15) is 37.8 Å². The van der Waals surface area contributed by atoms with Gasteiger partial charge in [-0.25, -0.2) is 4.39 Å². The number of carbonyl (C=O) groups is 1. The Hall–Kier alpha value is -1.50. The molecular weight excluding hydrogens is 283 g/mol. The molecule has 4 N–H and O–H groups in total. The highest BCUT2D eigenvalue weighted by Crippen LogP contribution is 2.24. The van der Waals surface area contributed by atoms with Gasteiger partial charge in [-0.05, 0) is 57.5 Å². The second kappa shape index (κ2) is 7.67. The summed E-state index contributed by atoms with van der Waals surface area (Å²) in [6.45, 7) is 2.66. The third-order valence-corrected chi connectivity index (χ3v) is 4.39. The van der Waals surface area contributed by atoms with Crippen molar-refractivity contribution in [1.29, 1.82) is 0 Å². The Balaban J connectivity index is 1.73. The number of nitrogens with one attached hydrogen (secondary N) is 2. The number of amides is 1. The summed E-state index contributed by atoms with van der Waals surface area (Å²) in [5.74, 6) is -0.502. The maximum atomic E-state index is 12.9. The van der Waals surface area contributed by atoms with Crippen LogP contribution >= 0.6 is 0 Å². The van der Waals surface area contributed by atoms with Crippen molar-refractivity contribution in [3.05, 3.63) is 35.6 Å². The fraction of sp³-hybridized carbons (Fsp3) is 0.562. The van der Waals surface area contributed by atoms with Crippen LogP contribution in [0.5, 0.6) is 0 Å². The number of carbonyl (C=O) groups excluding carboxylic acids is 1. The first kappa shape index (κ1) is 16.9. The minimum Gasteiger partial charge on any atom is -0.368 e. The van der Waals surface area contributed by atoms with Crippen molar-refractivity contribution in [1.82, 2.24) is 15.8 Å². The lowest BCUT2D eigenvalue weighted by Crippen LogP contribution is -2.41. The highest BCUT2D eigenvalue weighted by Gasteiger charge is 2.24. The molecule has 6 heteroatoms. The van der Waals surface area contributed by atoms with Crippen molar-refractivity contribution < 1.29 is 9.18 Å². The highest BCUT2D eigenvalue weighted by atomic mass is 19.1. The number of rotatable bonds is 7. The number of likely N-dealkylation sites (N-methyl/N-ethyl adjacent to an activating group) is 1. The van der Waals surface area contributed by atoms with Gasteiger partial charge < -0.3 is 5.73 Å². The molecule has 1 fully saturated rings. The number of benzene rings is 1. The van der Waals surface area contributed by atoms with Gasteiger partial charge in [-0.2, -0.15) is 0 Å². The van der Waals surface area contributed by atoms with E-state index in [1.54, 1.807) is 0 Å². The van der Waals surface area contributed by atoms with Gasteiger partial charge in [-0.3, -0.25) is 20.5 Å². The molecule has 2 rings (SSSR count). The summed E-state index contributed by atoms with van der Waals surface area (Å²) in [5.41, 5.74) is 12.9. The Morgan fingerprint density at radius 1 is 1.41 bits per heavy atom. The van der Waals surface area contributed by atoms with E-state index in [1.165, 1.54) is 12.1 Å². The zero-order valence-corrected chi connectivity index (χ0v) is 13.2. The van der Waals surface area contributed by atoms with Gasteiger partial charge in [0.15, 0.2) is 0 Å². The van der Waals surface area contributed by atoms with Crippen molar-refractivity contribution >= 4 is 5.91 Å². The van der Waals surface area contributed by atoms with E-state index < -0.39 is 0 Å². The Morgan fingerprint density at radius 3 is 2.73 bits per heavy atom. The molecule has 0 aliphatic carbocycles. The number of hydrogen-bond acceptors (Lipinski definition) is 4. The third kappa shape index (κ3) is 4.50. The first-order valence-electron chi connectivity index (χ1n) is 7.73. The van der Waals surface area contributed by atoms with Gasteiger partial charge in [0.05, 0.1) is 6.04 Å². The lowest BCUT2D eigenvalue weighted by atomic mass is 9.99. The molecule has 1 saturated heterocycles. The largest absolute Gasteiger partial charge is 0.368 e. The SMILES string of the molecule is CC(C(N)=O)N(C)CCCC1CC(c2ccc(F)cc2)NN1. The minimum atomic E-state index is -0.292. The zero-order chi connectivity index (χ0) is 16.1. The number of nitrogens with two attached hydrogens (primary N) is 1. The summed E-state index contributed by atoms with van der Waals surface area (Å²) in [6, 6.07) is 6.98. The molecule has 1 aromatic rings. The molecule has 5 nitrogen and oxygen atoms in total. The maximum Gasteiger partial charge on any atom is 0.234 e. The monoisotopic (exact) mass is 308 g/mol. The first-order chi connectivity index (χ1) is 10.5. The van der Waals surface area contributed by atoms with Crippen LogP contribution in [0.25, 0.3) is 0 Å². The zero-order valence-electron chi connectivity index (χ0n) is 13.2. The Kier molecular flexibility index (Phi) is 5.88. The molecule has 3 atom stereocenters. The van der Waals surface area contributed by atoms with E-state index in [0.717, 1.165) is 31.4 Å². The van der Waals surface area contributed by atoms with E-state index >= 15 is 0 Å². The molecule has 1 heterocycles. The standard InChI is InChI=1S/C16H25FN4O/c1-11(16(18)22)21(2)9-3-4-14-10-15(20-19-14)12-5-7-13(17)8-6-12/h5-8,11,14-15,19-20H,3-4,9-10H2,1-2H3,(H2,18,22). The molecule has 1 aromatic carbocycles. The molecular formula is C16H25FN4O. The summed E-state index contributed by atoms with van der Waals surface area (Å²) >= 11 is 0. The van der Waals surface area contributed by atoms with Gasteiger partial charge in [-0.1, -0.05) is 12.1 Å². The Labute approximate surface area is 131 Å². The molecule has 1 aliphatic rings. The van der Waals surface area contributed by atoms with E-state index in [0.29, 0.717) is 6.04 Å². The average molecular weight is 308 g/mol. The van der Waals surface area contributed by atoms with E-state index in [9.17, 15) is 9.18 Å². The summed E-state index contributed by atoms with van der Waals surface area (Å²) in [7, 11) is 1.91. The maximum absolute atomic E-state index is 12.9. The lowest BCUT2D eigenvalue weighted by Gasteiger charge is -2.22. The van der Waals surface area contributed by atoms with Gasteiger partial charge >= 0.3 is 0 Å². The quantitative estimate of drug-likeness (QED) is 0.710. The predicted octanol–water partition coefficient (Wildman–Crippen LogP) is 1.32. The molecule has 1 amide bonds. The Morgan fingerprint density at radius 2 is 2.09 bits per heavy atom. The van der Waals surface area contributed by atoms with Crippen molar-refractivity contribution in [3.8, 4) is 0 Å². The summed E-state index contributed by atoms with van der Waals surface area (Å²) in [6.07, 6.45) is 2.98. The van der Waals surface area contributed by atoms with Crippen LogP contribution in [0, 0.1) is 5.82 Å². The molecule has 0 radical (unpaired) electrons. The second-order valence-electron chi connectivity index (χ2n) is 6.03. The van der Waals surface area contributed by atoms with E-state index in [4.69, 9.17) is 5.73 Å². The van der Waals surface area contributed by atoms with Crippen LogP contribution < -0.4 is 16.6 Å². The number of hydrazine groups is 1. The molecule has 1 aliphatic heterocycles. The van der Waals surface area contributed by atoms with Crippen molar-refractivity contribution in [2.24, 2.45) is 5.73 Å². The fourth-order valence-electron chi connectivity index (χ4n) is 2.72. The van der Waals surface area contributed by atoms with Crippen molar-refractivity contribution in [2.45, 2.75) is 44.3 Å². The van der Waals surface area contributed by atoms with E-state index in [2.05, 4.69) is 10.9 Å². The van der Waals surface area contributed by atoms with Gasteiger partial charge in [0, 0.05) is 12.1 Å². The van der Waals surface area contributed by atoms with Gasteiger partial charge in [0.1, 0.15) is 5.82 Å². The summed E-state index contributed by atoms with van der Waals surface area (Å²) < 4.78 is 12.9. The number of nitrogens with zero attached hydrogens (tertiary/aromatic N) is 1. The summed E-state index contributed by atoms with van der Waals surface area (Å²) in [4.78, 5) is 13.1. The average Bonchev–Trinajstić information content (AvgIpc) is 2.95. The molecule has 3 unspecified atom stereocenters. The van der Waals surface area contributed by atoms with Gasteiger partial charge in [0.25, 0.3) is 0 Å². The van der Waals surface area contributed by atoms with Crippen LogP contribution in [0.4, 0.5) is 4.39 Å². The molecule has 0 bridgehead atoms. The molecule has 0 spiro atoms. The van der Waals surface area contributed by atoms with Crippen LogP contribution in [0.3, 0.4) is 0 Å². The van der Waals surface area contributed by atoms with Gasteiger partial charge in [-0.15, -0.1) is 0 Å². The summed E-state index contributed by atoms with van der Waals surface area (Å²) in [5, 5.41) is 0. The normalized spacial score (nSPS) is 22.9. The van der Waals surface area contributed by atoms with Crippen LogP contribution in [0.15, 0.2) is 24.3 Å². The first-order valence-corrected chi connectivity index (χ1v) is 7.73. The molecule has 122 valence electrons. The number of halogens is 1. The van der Waals surface area contributed by atoms with Crippen LogP contribution in [-0.2, 0) is 4.79 Å². The lowest BCUT2D eigenvalue weighted by molar-refractivity contribution is -0.122. The number of primary amides is 1. The second-order valence-corrected chi connectivity index (χ2v) is 6.03. The molecule has 0 aromatic heterocycles. The van der Waals surface area contributed by atoms with E-state index in [1.807, 2.05) is 31.0 Å². The molecule has 22 heavy (non-hydrogen) atoms. The Bertz CT molecular complexity index is 493. The van der Waals surface area contributed by atoms with Gasteiger partial charge in [0.2, 0.25) is 5.91 Å². The number of hydrogen-bond donors (Lipinski definition) is 3. The minimum absolute atomic E-state index is 0.210. The molecule has 0 saturated carbocycles. The third-order valence-electron chi connectivity index (χ3n) is 4.39. The predicted molar refractivity (Wildman–Crippen MR) is 84.3 cm³/mol. The van der Waals surface area contributed by atoms with Crippen molar-refractivity contribution in [2.75, 3.05) is 13.6 Å². The topological polar surface area (TPSA) is 70.4 Å². The fourth-order valence-corrected chi connectivity index (χ4v) is 2.72.